The Morgan fingerprint density at radius 3 is 2.93 bits per heavy atom. The Balaban J connectivity index is 2.26. The van der Waals surface area contributed by atoms with Crippen LogP contribution in [0.2, 0.25) is 0 Å². The van der Waals surface area contributed by atoms with Gasteiger partial charge in [0.05, 0.1) is 23.9 Å². The minimum absolute atomic E-state index is 0.0842. The second kappa shape index (κ2) is 5.82. The van der Waals surface area contributed by atoms with Gasteiger partial charge in [0.1, 0.15) is 6.61 Å². The number of nitrogens with one attached hydrogen (secondary N) is 1. The maximum Gasteiger partial charge on any atom is 0.246 e. The molecule has 0 fully saturated rings. The van der Waals surface area contributed by atoms with E-state index in [1.165, 1.54) is 0 Å². The van der Waals surface area contributed by atoms with Gasteiger partial charge in [-0.25, -0.2) is 4.98 Å². The summed E-state index contributed by atoms with van der Waals surface area (Å²) in [4.78, 5) is 16.5. The lowest BCUT2D eigenvalue weighted by Crippen LogP contribution is -2.28. The van der Waals surface area contributed by atoms with E-state index in [0.29, 0.717) is 6.54 Å². The third-order valence-electron chi connectivity index (χ3n) is 1.84. The van der Waals surface area contributed by atoms with Gasteiger partial charge in [-0.2, -0.15) is 0 Å². The van der Waals surface area contributed by atoms with Gasteiger partial charge in [0, 0.05) is 4.88 Å². The first-order valence-electron chi connectivity index (χ1n) is 4.87. The molecule has 1 heterocycles. The highest BCUT2D eigenvalue weighted by molar-refractivity contribution is 7.09. The van der Waals surface area contributed by atoms with Gasteiger partial charge < -0.3 is 10.1 Å². The standard InChI is InChI=1S/C10H16N2O2S/c1-7(2)14-5-10(13)11-4-9-8(3)12-6-15-9/h6-7H,4-5H2,1-3H3,(H,11,13). The highest BCUT2D eigenvalue weighted by Gasteiger charge is 2.05. The molecule has 0 aliphatic rings. The number of ether oxygens (including phenoxy) is 1. The van der Waals surface area contributed by atoms with Gasteiger partial charge in [-0.15, -0.1) is 11.3 Å². The fourth-order valence-corrected chi connectivity index (χ4v) is 1.68. The summed E-state index contributed by atoms with van der Waals surface area (Å²) in [6.07, 6.45) is 0.0842. The Kier molecular flexibility index (Phi) is 4.71. The predicted octanol–water partition coefficient (Wildman–Crippen LogP) is 1.49. The maximum absolute atomic E-state index is 11.3. The zero-order valence-electron chi connectivity index (χ0n) is 9.24. The molecule has 84 valence electrons. The predicted molar refractivity (Wildman–Crippen MR) is 59.8 cm³/mol. The Hall–Kier alpha value is -0.940. The first kappa shape index (κ1) is 12.1. The lowest BCUT2D eigenvalue weighted by Gasteiger charge is -2.07. The fourth-order valence-electron chi connectivity index (χ4n) is 0.968. The molecule has 0 radical (unpaired) electrons. The molecule has 0 unspecified atom stereocenters. The summed E-state index contributed by atoms with van der Waals surface area (Å²) in [6.45, 7) is 6.40. The third-order valence-corrected chi connectivity index (χ3v) is 2.77. The molecule has 0 bridgehead atoms. The van der Waals surface area contributed by atoms with Gasteiger partial charge in [-0.05, 0) is 20.8 Å². The number of thiazole rings is 1. The van der Waals surface area contributed by atoms with Crippen molar-refractivity contribution in [2.75, 3.05) is 6.61 Å². The summed E-state index contributed by atoms with van der Waals surface area (Å²) < 4.78 is 5.18. The molecule has 0 spiro atoms. The summed E-state index contributed by atoms with van der Waals surface area (Å²) in [7, 11) is 0. The summed E-state index contributed by atoms with van der Waals surface area (Å²) in [5.74, 6) is -0.0866. The van der Waals surface area contributed by atoms with Gasteiger partial charge in [0.15, 0.2) is 0 Å². The van der Waals surface area contributed by atoms with E-state index in [9.17, 15) is 4.79 Å². The van der Waals surface area contributed by atoms with Crippen molar-refractivity contribution < 1.29 is 9.53 Å². The topological polar surface area (TPSA) is 51.2 Å². The van der Waals surface area contributed by atoms with Crippen LogP contribution in [0.15, 0.2) is 5.51 Å². The summed E-state index contributed by atoms with van der Waals surface area (Å²) in [5.41, 5.74) is 2.76. The number of aryl methyl sites for hydroxylation is 1. The molecule has 0 saturated carbocycles. The number of nitrogens with zero attached hydrogens (tertiary/aromatic N) is 1. The molecule has 1 amide bonds. The molecule has 0 saturated heterocycles. The third kappa shape index (κ3) is 4.40. The number of amides is 1. The van der Waals surface area contributed by atoms with Gasteiger partial charge >= 0.3 is 0 Å². The Labute approximate surface area is 93.7 Å². The zero-order chi connectivity index (χ0) is 11.3. The number of carbonyl (C=O) groups excluding carboxylic acids is 1. The summed E-state index contributed by atoms with van der Waals surface area (Å²) in [6, 6.07) is 0. The number of carbonyl (C=O) groups is 1. The highest BCUT2D eigenvalue weighted by atomic mass is 32.1. The molecule has 1 rings (SSSR count). The minimum atomic E-state index is -0.0866. The molecule has 5 heteroatoms. The van der Waals surface area contributed by atoms with Gasteiger partial charge in [-0.1, -0.05) is 0 Å². The first-order chi connectivity index (χ1) is 7.09. The van der Waals surface area contributed by atoms with E-state index in [1.807, 2.05) is 20.8 Å². The normalized spacial score (nSPS) is 10.7. The van der Waals surface area contributed by atoms with Crippen LogP contribution in [0, 0.1) is 6.92 Å². The van der Waals surface area contributed by atoms with E-state index in [2.05, 4.69) is 10.3 Å². The number of hydrogen-bond acceptors (Lipinski definition) is 4. The van der Waals surface area contributed by atoms with E-state index in [1.54, 1.807) is 16.8 Å². The Morgan fingerprint density at radius 1 is 1.67 bits per heavy atom. The van der Waals surface area contributed by atoms with Gasteiger partial charge in [0.2, 0.25) is 5.91 Å². The highest BCUT2D eigenvalue weighted by Crippen LogP contribution is 2.10. The molecule has 0 aromatic carbocycles. The first-order valence-corrected chi connectivity index (χ1v) is 5.75. The van der Waals surface area contributed by atoms with Crippen molar-refractivity contribution in [3.8, 4) is 0 Å². The van der Waals surface area contributed by atoms with E-state index < -0.39 is 0 Å². The average Bonchev–Trinajstić information content (AvgIpc) is 2.58. The lowest BCUT2D eigenvalue weighted by atomic mass is 10.4. The lowest BCUT2D eigenvalue weighted by molar-refractivity contribution is -0.127. The SMILES string of the molecule is Cc1ncsc1CNC(=O)COC(C)C. The van der Waals surface area contributed by atoms with E-state index in [-0.39, 0.29) is 18.6 Å². The van der Waals surface area contributed by atoms with Crippen molar-refractivity contribution in [1.82, 2.24) is 10.3 Å². The molecule has 1 aromatic heterocycles. The van der Waals surface area contributed by atoms with Crippen LogP contribution >= 0.6 is 11.3 Å². The Bertz CT molecular complexity index is 323. The summed E-state index contributed by atoms with van der Waals surface area (Å²) in [5, 5.41) is 2.79. The molecule has 1 N–H and O–H groups in total. The quantitative estimate of drug-likeness (QED) is 0.830. The van der Waals surface area contributed by atoms with Crippen LogP contribution in [0.25, 0.3) is 0 Å². The molecule has 0 atom stereocenters. The molecule has 1 aromatic rings. The van der Waals surface area contributed by atoms with Gasteiger partial charge in [-0.3, -0.25) is 4.79 Å². The Morgan fingerprint density at radius 2 is 2.40 bits per heavy atom. The second-order valence-corrected chi connectivity index (χ2v) is 4.44. The molecule has 0 aliphatic heterocycles. The number of rotatable bonds is 5. The van der Waals surface area contributed by atoms with Crippen LogP contribution in [-0.2, 0) is 16.1 Å². The number of aromatic nitrogens is 1. The van der Waals surface area contributed by atoms with Crippen molar-refractivity contribution in [2.45, 2.75) is 33.4 Å². The molecular weight excluding hydrogens is 212 g/mol. The largest absolute Gasteiger partial charge is 0.369 e. The maximum atomic E-state index is 11.3. The van der Waals surface area contributed by atoms with Crippen molar-refractivity contribution >= 4 is 17.2 Å². The van der Waals surface area contributed by atoms with Crippen molar-refractivity contribution in [1.29, 1.82) is 0 Å². The second-order valence-electron chi connectivity index (χ2n) is 3.50. The van der Waals surface area contributed by atoms with Crippen LogP contribution in [0.3, 0.4) is 0 Å². The van der Waals surface area contributed by atoms with Crippen molar-refractivity contribution in [3.63, 3.8) is 0 Å². The molecule has 0 aliphatic carbocycles. The zero-order valence-corrected chi connectivity index (χ0v) is 10.1. The fraction of sp³-hybridized carbons (Fsp3) is 0.600. The van der Waals surface area contributed by atoms with Crippen molar-refractivity contribution in [2.24, 2.45) is 0 Å². The van der Waals surface area contributed by atoms with Gasteiger partial charge in [0.25, 0.3) is 0 Å². The van der Waals surface area contributed by atoms with Crippen LogP contribution in [0.1, 0.15) is 24.4 Å². The van der Waals surface area contributed by atoms with Crippen LogP contribution in [-0.4, -0.2) is 23.6 Å². The van der Waals surface area contributed by atoms with Crippen LogP contribution < -0.4 is 5.32 Å². The smallest absolute Gasteiger partial charge is 0.246 e. The minimum Gasteiger partial charge on any atom is -0.369 e. The van der Waals surface area contributed by atoms with E-state index in [0.717, 1.165) is 10.6 Å². The number of hydrogen-bond donors (Lipinski definition) is 1. The average molecular weight is 228 g/mol. The molecule has 15 heavy (non-hydrogen) atoms. The van der Waals surface area contributed by atoms with E-state index >= 15 is 0 Å². The molecular formula is C10H16N2O2S. The van der Waals surface area contributed by atoms with Crippen LogP contribution in [0.5, 0.6) is 0 Å². The van der Waals surface area contributed by atoms with Crippen LogP contribution in [0.4, 0.5) is 0 Å². The monoisotopic (exact) mass is 228 g/mol. The summed E-state index contributed by atoms with van der Waals surface area (Å²) >= 11 is 1.55. The van der Waals surface area contributed by atoms with Crippen molar-refractivity contribution in [3.05, 3.63) is 16.1 Å². The molecule has 4 nitrogen and oxygen atoms in total. The van der Waals surface area contributed by atoms with E-state index in [4.69, 9.17) is 4.74 Å².